The van der Waals surface area contributed by atoms with Crippen molar-refractivity contribution in [2.75, 3.05) is 25.7 Å². The quantitative estimate of drug-likeness (QED) is 0.177. The molecule has 0 aliphatic heterocycles. The summed E-state index contributed by atoms with van der Waals surface area (Å²) in [7, 11) is 4.77. The predicted molar refractivity (Wildman–Crippen MR) is 163 cm³/mol. The third-order valence-corrected chi connectivity index (χ3v) is 7.05. The van der Waals surface area contributed by atoms with E-state index in [1.54, 1.807) is 44.6 Å². The molecular weight excluding hydrogens is 535 g/mol. The molecule has 42 heavy (non-hydrogen) atoms. The van der Waals surface area contributed by atoms with E-state index in [4.69, 9.17) is 14.2 Å². The van der Waals surface area contributed by atoms with Crippen molar-refractivity contribution in [2.24, 2.45) is 13.0 Å². The number of aromatic nitrogens is 3. The first-order valence-corrected chi connectivity index (χ1v) is 13.7. The summed E-state index contributed by atoms with van der Waals surface area (Å²) in [6.07, 6.45) is 4.01. The third-order valence-electron chi connectivity index (χ3n) is 7.05. The molecule has 0 saturated heterocycles. The van der Waals surface area contributed by atoms with Crippen LogP contribution in [0, 0.1) is 11.7 Å². The van der Waals surface area contributed by atoms with Gasteiger partial charge in [0.1, 0.15) is 5.75 Å². The van der Waals surface area contributed by atoms with Gasteiger partial charge in [0.15, 0.2) is 23.1 Å². The molecule has 3 aromatic carbocycles. The number of fused-ring (bicyclic) bond motifs is 1. The Hall–Kier alpha value is -4.92. The van der Waals surface area contributed by atoms with Crippen LogP contribution in [0.5, 0.6) is 23.0 Å². The van der Waals surface area contributed by atoms with E-state index in [0.717, 1.165) is 12.1 Å². The van der Waals surface area contributed by atoms with E-state index in [2.05, 4.69) is 23.8 Å². The second-order valence-electron chi connectivity index (χ2n) is 10.3. The van der Waals surface area contributed by atoms with Crippen molar-refractivity contribution in [3.8, 4) is 34.1 Å². The monoisotopic (exact) mass is 568 g/mol. The molecule has 2 aromatic heterocycles. The van der Waals surface area contributed by atoms with Crippen molar-refractivity contribution in [3.63, 3.8) is 0 Å². The van der Waals surface area contributed by atoms with Gasteiger partial charge in [0.2, 0.25) is 5.95 Å². The van der Waals surface area contributed by atoms with Crippen LogP contribution in [0.25, 0.3) is 22.0 Å². The summed E-state index contributed by atoms with van der Waals surface area (Å²) in [5, 5.41) is 0.632. The Bertz CT molecular complexity index is 1770. The third kappa shape index (κ3) is 5.76. The number of anilines is 2. The molecule has 0 amide bonds. The van der Waals surface area contributed by atoms with E-state index in [-0.39, 0.29) is 16.9 Å². The summed E-state index contributed by atoms with van der Waals surface area (Å²) < 4.78 is 33.6. The second-order valence-corrected chi connectivity index (χ2v) is 10.3. The Kier molecular flexibility index (Phi) is 8.38. The van der Waals surface area contributed by atoms with Gasteiger partial charge in [-0.25, -0.2) is 9.37 Å². The van der Waals surface area contributed by atoms with Gasteiger partial charge in [-0.3, -0.25) is 14.3 Å². The minimum absolute atomic E-state index is 0.00590. The molecule has 0 atom stereocenters. The van der Waals surface area contributed by atoms with Gasteiger partial charge in [-0.15, -0.1) is 0 Å². The fraction of sp³-hybridized carbons (Fsp3) is 0.242. The largest absolute Gasteiger partial charge is 0.493 e. The number of hydrogen-bond donors (Lipinski definition) is 0. The lowest BCUT2D eigenvalue weighted by Gasteiger charge is -2.26. The fourth-order valence-electron chi connectivity index (χ4n) is 4.73. The number of pyridine rings is 1. The number of methoxy groups -OCH3 is 2. The number of ether oxygens (including phenoxy) is 3. The molecule has 5 rings (SSSR count). The van der Waals surface area contributed by atoms with E-state index < -0.39 is 5.82 Å². The number of nitrogens with zero attached hydrogens (tertiary/aromatic N) is 4. The highest BCUT2D eigenvalue weighted by Gasteiger charge is 2.19. The second kappa shape index (κ2) is 12.3. The van der Waals surface area contributed by atoms with E-state index in [1.807, 2.05) is 35.2 Å². The van der Waals surface area contributed by atoms with Crippen LogP contribution in [0.2, 0.25) is 0 Å². The van der Waals surface area contributed by atoms with Crippen molar-refractivity contribution in [3.05, 3.63) is 95.3 Å². The van der Waals surface area contributed by atoms with Crippen molar-refractivity contribution in [2.45, 2.75) is 20.3 Å². The van der Waals surface area contributed by atoms with Gasteiger partial charge in [-0.1, -0.05) is 38.1 Å². The average molecular weight is 569 g/mol. The molecule has 0 aliphatic carbocycles. The van der Waals surface area contributed by atoms with Crippen molar-refractivity contribution < 1.29 is 18.6 Å². The molecule has 0 fully saturated rings. The van der Waals surface area contributed by atoms with E-state index >= 15 is 4.39 Å². The molecule has 9 heteroatoms. The van der Waals surface area contributed by atoms with Crippen LogP contribution in [0.1, 0.15) is 20.3 Å². The summed E-state index contributed by atoms with van der Waals surface area (Å²) in [6.45, 7) is 5.02. The van der Waals surface area contributed by atoms with Gasteiger partial charge in [-0.05, 0) is 54.3 Å². The lowest BCUT2D eigenvalue weighted by Crippen LogP contribution is -2.30. The first kappa shape index (κ1) is 28.6. The van der Waals surface area contributed by atoms with Crippen LogP contribution in [0.3, 0.4) is 0 Å². The van der Waals surface area contributed by atoms with Crippen LogP contribution < -0.4 is 24.7 Å². The summed E-state index contributed by atoms with van der Waals surface area (Å²) in [6, 6.07) is 19.4. The zero-order valence-electron chi connectivity index (χ0n) is 24.3. The van der Waals surface area contributed by atoms with E-state index in [0.29, 0.717) is 52.1 Å². The molecule has 0 radical (unpaired) electrons. The lowest BCUT2D eigenvalue weighted by atomic mass is 10.1. The fourth-order valence-corrected chi connectivity index (χ4v) is 4.73. The highest BCUT2D eigenvalue weighted by molar-refractivity contribution is 5.88. The molecule has 2 heterocycles. The molecule has 0 spiro atoms. The van der Waals surface area contributed by atoms with E-state index in [9.17, 15) is 4.79 Å². The van der Waals surface area contributed by atoms with Crippen LogP contribution in [-0.4, -0.2) is 35.3 Å². The molecule has 5 aromatic rings. The average Bonchev–Trinajstić information content (AvgIpc) is 3.00. The van der Waals surface area contributed by atoms with E-state index in [1.165, 1.54) is 30.0 Å². The predicted octanol–water partition coefficient (Wildman–Crippen LogP) is 7.13. The van der Waals surface area contributed by atoms with Gasteiger partial charge in [-0.2, -0.15) is 0 Å². The molecule has 216 valence electrons. The maximum Gasteiger partial charge on any atom is 0.262 e. The molecule has 0 bridgehead atoms. The smallest absolute Gasteiger partial charge is 0.262 e. The number of benzene rings is 3. The highest BCUT2D eigenvalue weighted by atomic mass is 19.1. The summed E-state index contributed by atoms with van der Waals surface area (Å²) in [5.41, 5.74) is 1.96. The van der Waals surface area contributed by atoms with Gasteiger partial charge < -0.3 is 19.1 Å². The Labute approximate surface area is 244 Å². The minimum Gasteiger partial charge on any atom is -0.493 e. The minimum atomic E-state index is -0.619. The van der Waals surface area contributed by atoms with Crippen molar-refractivity contribution in [1.29, 1.82) is 0 Å². The van der Waals surface area contributed by atoms with Crippen LogP contribution >= 0.6 is 0 Å². The summed E-state index contributed by atoms with van der Waals surface area (Å²) >= 11 is 0. The topological polar surface area (TPSA) is 78.7 Å². The van der Waals surface area contributed by atoms with Gasteiger partial charge in [0.25, 0.3) is 5.56 Å². The Morgan fingerprint density at radius 1 is 0.905 bits per heavy atom. The van der Waals surface area contributed by atoms with Gasteiger partial charge in [0, 0.05) is 43.1 Å². The molecule has 0 N–H and O–H groups in total. The molecule has 0 unspecified atom stereocenters. The Morgan fingerprint density at radius 3 is 2.33 bits per heavy atom. The van der Waals surface area contributed by atoms with Crippen LogP contribution in [-0.2, 0) is 7.05 Å². The van der Waals surface area contributed by atoms with Crippen LogP contribution in [0.4, 0.5) is 16.0 Å². The van der Waals surface area contributed by atoms with Gasteiger partial charge in [0.05, 0.1) is 25.3 Å². The standard InChI is InChI=1S/C33H33FN4O4/c1-21(2)14-16-38(23-9-7-6-8-10-23)33-36-20-25(32(39)37(33)3)22-11-12-29(26(34)17-22)42-28-13-15-35-27-19-31(41-5)30(40-4)18-24(27)28/h6-13,15,17-21H,14,16H2,1-5H3. The Morgan fingerprint density at radius 2 is 1.64 bits per heavy atom. The van der Waals surface area contributed by atoms with Gasteiger partial charge >= 0.3 is 0 Å². The highest BCUT2D eigenvalue weighted by Crippen LogP contribution is 2.38. The number of hydrogen-bond acceptors (Lipinski definition) is 7. The maximum absolute atomic E-state index is 15.4. The molecular formula is C33H33FN4O4. The summed E-state index contributed by atoms with van der Waals surface area (Å²) in [4.78, 5) is 24.6. The maximum atomic E-state index is 15.4. The zero-order valence-corrected chi connectivity index (χ0v) is 24.3. The Balaban J connectivity index is 1.46. The molecule has 0 saturated carbocycles. The number of halogens is 1. The summed E-state index contributed by atoms with van der Waals surface area (Å²) in [5.74, 6) is 1.81. The van der Waals surface area contributed by atoms with Crippen LogP contribution in [0.15, 0.2) is 83.9 Å². The number of para-hydroxylation sites is 1. The SMILES string of the molecule is COc1cc2nccc(Oc3ccc(-c4cnc(N(CCC(C)C)c5ccccc5)n(C)c4=O)cc3F)c2cc1OC. The van der Waals surface area contributed by atoms with Crippen molar-refractivity contribution in [1.82, 2.24) is 14.5 Å². The zero-order chi connectivity index (χ0) is 29.8. The first-order valence-electron chi connectivity index (χ1n) is 13.7. The first-order chi connectivity index (χ1) is 20.3. The van der Waals surface area contributed by atoms with Crippen molar-refractivity contribution >= 4 is 22.5 Å². The normalized spacial score (nSPS) is 11.1. The molecule has 8 nitrogen and oxygen atoms in total. The number of rotatable bonds is 10. The lowest BCUT2D eigenvalue weighted by molar-refractivity contribution is 0.355. The molecule has 0 aliphatic rings.